The molecule has 0 aromatic heterocycles. The molecule has 0 N–H and O–H groups in total. The van der Waals surface area contributed by atoms with Gasteiger partial charge >= 0.3 is 37.6 Å². The summed E-state index contributed by atoms with van der Waals surface area (Å²) in [5.41, 5.74) is 0. The van der Waals surface area contributed by atoms with E-state index in [2.05, 4.69) is 0 Å². The first-order chi connectivity index (χ1) is 2.30. The van der Waals surface area contributed by atoms with Crippen LogP contribution in [0.15, 0.2) is 7.69 Å². The molecule has 1 rings (SSSR count). The van der Waals surface area contributed by atoms with Crippen molar-refractivity contribution < 1.29 is 8.78 Å². The second kappa shape index (κ2) is 0.928. The van der Waals surface area contributed by atoms with E-state index < -0.39 is 28.8 Å². The molecule has 1 aliphatic rings. The fourth-order valence-corrected chi connectivity index (χ4v) is 0.437. The van der Waals surface area contributed by atoms with Gasteiger partial charge in [-0.05, 0) is 0 Å². The normalized spacial score (nSPS) is 20.4. The molecule has 0 saturated carbocycles. The van der Waals surface area contributed by atoms with E-state index in [-0.39, 0.29) is 0 Å². The van der Waals surface area contributed by atoms with Crippen LogP contribution in [0.25, 0.3) is 0 Å². The third-order valence-electron chi connectivity index (χ3n) is 0.350. The molecule has 0 aromatic carbocycles. The topological polar surface area (TPSA) is 0 Å². The third kappa shape index (κ3) is 0.618. The molecule has 0 aromatic rings. The predicted octanol–water partition coefficient (Wildman–Crippen LogP) is 0.770. The van der Waals surface area contributed by atoms with Crippen LogP contribution in [-0.2, 0) is 0 Å². The van der Waals surface area contributed by atoms with Crippen molar-refractivity contribution in [2.24, 2.45) is 0 Å². The molecule has 0 saturated heterocycles. The molecule has 2 radical (unpaired) electrons. The molecule has 1 heterocycles. The SMILES string of the molecule is F[C]1=[C](F)[Sn]1. The molecule has 26 valence electrons. The quantitative estimate of drug-likeness (QED) is 0.484. The molecule has 0 bridgehead atoms. The van der Waals surface area contributed by atoms with Gasteiger partial charge in [-0.3, -0.25) is 0 Å². The number of hydrogen-bond donors (Lipinski definition) is 0. The van der Waals surface area contributed by atoms with Gasteiger partial charge in [-0.25, -0.2) is 0 Å². The van der Waals surface area contributed by atoms with E-state index in [1.165, 1.54) is 0 Å². The fourth-order valence-electron chi connectivity index (χ4n) is 0.0651. The summed E-state index contributed by atoms with van der Waals surface area (Å²) in [4.78, 5) is 0. The average molecular weight is 181 g/mol. The minimum absolute atomic E-state index is 0.409. The van der Waals surface area contributed by atoms with Gasteiger partial charge in [0.05, 0.1) is 0 Å². The van der Waals surface area contributed by atoms with Crippen LogP contribution in [0.5, 0.6) is 0 Å². The molecule has 1 aliphatic heterocycles. The summed E-state index contributed by atoms with van der Waals surface area (Å²) in [6.07, 6.45) is 0. The van der Waals surface area contributed by atoms with Gasteiger partial charge in [-0.1, -0.05) is 0 Å². The molecule has 0 spiro atoms. The zero-order valence-electron chi connectivity index (χ0n) is 2.26. The van der Waals surface area contributed by atoms with Crippen LogP contribution >= 0.6 is 0 Å². The molecule has 0 aliphatic carbocycles. The Kier molecular flexibility index (Phi) is 0.665. The zero-order valence-corrected chi connectivity index (χ0v) is 5.11. The summed E-state index contributed by atoms with van der Waals surface area (Å²) in [5, 5.41) is 0. The van der Waals surface area contributed by atoms with E-state index >= 15 is 0 Å². The molecule has 0 nitrogen and oxygen atoms in total. The van der Waals surface area contributed by atoms with E-state index in [9.17, 15) is 8.78 Å². The van der Waals surface area contributed by atoms with Crippen molar-refractivity contribution in [3.63, 3.8) is 0 Å². The van der Waals surface area contributed by atoms with Gasteiger partial charge in [0.15, 0.2) is 0 Å². The van der Waals surface area contributed by atoms with Crippen LogP contribution in [0, 0.1) is 0 Å². The Morgan fingerprint density at radius 2 is 1.40 bits per heavy atom. The Hall–Kier alpha value is 0.399. The van der Waals surface area contributed by atoms with Gasteiger partial charge in [0.1, 0.15) is 0 Å². The Bertz CT molecular complexity index is 75.6. The van der Waals surface area contributed by atoms with E-state index in [1.54, 1.807) is 0 Å². The van der Waals surface area contributed by atoms with Crippen molar-refractivity contribution in [1.82, 2.24) is 0 Å². The van der Waals surface area contributed by atoms with Gasteiger partial charge in [0.25, 0.3) is 0 Å². The zero-order chi connectivity index (χ0) is 3.86. The van der Waals surface area contributed by atoms with Gasteiger partial charge < -0.3 is 0 Å². The Labute approximate surface area is 38.1 Å². The molecule has 3 heteroatoms. The van der Waals surface area contributed by atoms with E-state index in [0.717, 1.165) is 0 Å². The molecule has 0 atom stereocenters. The summed E-state index contributed by atoms with van der Waals surface area (Å²) in [6.45, 7) is 0. The van der Waals surface area contributed by atoms with Crippen molar-refractivity contribution in [2.45, 2.75) is 0 Å². The van der Waals surface area contributed by atoms with Crippen LogP contribution in [-0.4, -0.2) is 21.1 Å². The first-order valence-corrected chi connectivity index (χ1v) is 3.98. The van der Waals surface area contributed by atoms with Gasteiger partial charge in [-0.15, -0.1) is 0 Å². The maximum atomic E-state index is 11.1. The van der Waals surface area contributed by atoms with Crippen LogP contribution in [0.2, 0.25) is 0 Å². The van der Waals surface area contributed by atoms with Gasteiger partial charge in [0, 0.05) is 0 Å². The van der Waals surface area contributed by atoms with Gasteiger partial charge in [0.2, 0.25) is 0 Å². The fraction of sp³-hybridized carbons (Fsp3) is 0. The second-order valence-corrected chi connectivity index (χ2v) is 3.97. The van der Waals surface area contributed by atoms with Gasteiger partial charge in [-0.2, -0.15) is 0 Å². The average Bonchev–Trinajstić information content (AvgIpc) is 1.79. The number of hydrogen-bond acceptors (Lipinski definition) is 0. The van der Waals surface area contributed by atoms with E-state index in [4.69, 9.17) is 0 Å². The Morgan fingerprint density at radius 3 is 1.40 bits per heavy atom. The maximum absolute atomic E-state index is 11.1. The summed E-state index contributed by atoms with van der Waals surface area (Å²) in [7, 11) is 0. The van der Waals surface area contributed by atoms with Crippen molar-refractivity contribution in [3.8, 4) is 0 Å². The van der Waals surface area contributed by atoms with Crippen molar-refractivity contribution in [2.75, 3.05) is 0 Å². The first-order valence-electron chi connectivity index (χ1n) is 1.13. The minimum atomic E-state index is -1.20. The monoisotopic (exact) mass is 182 g/mol. The van der Waals surface area contributed by atoms with E-state index in [0.29, 0.717) is 0 Å². The van der Waals surface area contributed by atoms with Crippen LogP contribution in [0.1, 0.15) is 0 Å². The molecular formula is C2F2Sn. The van der Waals surface area contributed by atoms with Crippen LogP contribution in [0.3, 0.4) is 0 Å². The molecule has 0 amide bonds. The standard InChI is InChI=1S/C2F2.Sn/c3-1-2-4;. The Morgan fingerprint density at radius 1 is 1.20 bits per heavy atom. The number of halogens is 2. The summed E-state index contributed by atoms with van der Waals surface area (Å²) < 4.78 is 21.4. The van der Waals surface area contributed by atoms with Crippen molar-refractivity contribution in [1.29, 1.82) is 0 Å². The van der Waals surface area contributed by atoms with Crippen LogP contribution in [0.4, 0.5) is 8.78 Å². The van der Waals surface area contributed by atoms with Crippen molar-refractivity contribution in [3.05, 3.63) is 7.69 Å². The summed E-state index contributed by atoms with van der Waals surface area (Å²) in [6, 6.07) is 0. The second-order valence-electron chi connectivity index (χ2n) is 0.753. The Balaban J connectivity index is 2.59. The van der Waals surface area contributed by atoms with E-state index in [1.807, 2.05) is 0 Å². The number of rotatable bonds is 0. The summed E-state index contributed by atoms with van der Waals surface area (Å²) in [5.74, 6) is 0. The molecule has 0 unspecified atom stereocenters. The molecule has 0 fully saturated rings. The first kappa shape index (κ1) is 3.58. The third-order valence-corrected chi connectivity index (χ3v) is 2.14. The molecular weight excluding hydrogens is 181 g/mol. The predicted molar refractivity (Wildman–Crippen MR) is 15.0 cm³/mol. The molecule has 5 heavy (non-hydrogen) atoms. The van der Waals surface area contributed by atoms with Crippen LogP contribution < -0.4 is 0 Å². The van der Waals surface area contributed by atoms with Crippen molar-refractivity contribution >= 4 is 21.1 Å². The summed E-state index contributed by atoms with van der Waals surface area (Å²) >= 11 is -1.20.